The van der Waals surface area contributed by atoms with Gasteiger partial charge < -0.3 is 20.7 Å². The number of amides is 2. The fraction of sp³-hybridized carbons (Fsp3) is 0.300. The number of fused-ring (bicyclic) bond motifs is 2. The van der Waals surface area contributed by atoms with Gasteiger partial charge in [0.15, 0.2) is 0 Å². The van der Waals surface area contributed by atoms with Crippen LogP contribution < -0.4 is 20.7 Å². The third kappa shape index (κ3) is 3.10. The molecule has 0 fully saturated rings. The van der Waals surface area contributed by atoms with Gasteiger partial charge in [0.25, 0.3) is 5.91 Å². The molecule has 6 nitrogen and oxygen atoms in total. The minimum atomic E-state index is -0.167. The van der Waals surface area contributed by atoms with Crippen molar-refractivity contribution in [1.29, 1.82) is 0 Å². The molecule has 2 heterocycles. The van der Waals surface area contributed by atoms with E-state index in [2.05, 4.69) is 16.0 Å². The van der Waals surface area contributed by atoms with Crippen molar-refractivity contribution in [2.24, 2.45) is 0 Å². The number of ether oxygens (including phenoxy) is 1. The lowest BCUT2D eigenvalue weighted by Crippen LogP contribution is -2.32. The molecular formula is C20H23N3O3. The molecule has 6 heteroatoms. The molecule has 2 aromatic carbocycles. The number of anilines is 2. The number of benzene rings is 2. The Balaban J connectivity index is 0.00000210. The first-order valence-electron chi connectivity index (χ1n) is 8.84. The lowest BCUT2D eigenvalue weighted by Gasteiger charge is -2.27. The standard InChI is InChI=1S/C20H21N3O3.H2/c1-12-11-18(24)22-16-7-4-6-14(19(16)21-12)20(25)23-15-9-10-26-17-8-3-2-5-13(15)17;/h2-8,12,15,21H,9-11H2,1H3,(H,22,24)(H,23,25);1H/t12-,15?;/m1./s1. The lowest BCUT2D eigenvalue weighted by molar-refractivity contribution is -0.116. The van der Waals surface area contributed by atoms with E-state index in [9.17, 15) is 9.59 Å². The summed E-state index contributed by atoms with van der Waals surface area (Å²) in [6.45, 7) is 2.50. The van der Waals surface area contributed by atoms with Crippen LogP contribution in [-0.2, 0) is 4.79 Å². The van der Waals surface area contributed by atoms with E-state index in [4.69, 9.17) is 4.74 Å². The molecule has 2 aliphatic heterocycles. The third-order valence-electron chi connectivity index (χ3n) is 4.73. The molecule has 4 rings (SSSR count). The van der Waals surface area contributed by atoms with E-state index in [1.807, 2.05) is 31.2 Å². The predicted molar refractivity (Wildman–Crippen MR) is 102 cm³/mol. The molecule has 136 valence electrons. The van der Waals surface area contributed by atoms with Crippen molar-refractivity contribution in [3.63, 3.8) is 0 Å². The highest BCUT2D eigenvalue weighted by Gasteiger charge is 2.26. The molecule has 0 spiro atoms. The van der Waals surface area contributed by atoms with Gasteiger partial charge in [0.1, 0.15) is 5.75 Å². The molecule has 2 atom stereocenters. The zero-order valence-electron chi connectivity index (χ0n) is 14.5. The number of rotatable bonds is 2. The minimum absolute atomic E-state index is 0. The first kappa shape index (κ1) is 16.4. The molecule has 1 unspecified atom stereocenters. The highest BCUT2D eigenvalue weighted by molar-refractivity contribution is 6.06. The van der Waals surface area contributed by atoms with E-state index in [-0.39, 0.29) is 25.3 Å². The summed E-state index contributed by atoms with van der Waals surface area (Å²) in [4.78, 5) is 24.9. The number of carbonyl (C=O) groups excluding carboxylic acids is 2. The predicted octanol–water partition coefficient (Wildman–Crippen LogP) is 3.33. The van der Waals surface area contributed by atoms with Gasteiger partial charge in [0, 0.05) is 25.9 Å². The van der Waals surface area contributed by atoms with E-state index in [0.29, 0.717) is 30.0 Å². The van der Waals surface area contributed by atoms with Crippen molar-refractivity contribution in [2.75, 3.05) is 17.2 Å². The summed E-state index contributed by atoms with van der Waals surface area (Å²) >= 11 is 0. The van der Waals surface area contributed by atoms with Gasteiger partial charge in [-0.25, -0.2) is 0 Å². The Kier molecular flexibility index (Phi) is 4.24. The first-order valence-corrected chi connectivity index (χ1v) is 8.84. The third-order valence-corrected chi connectivity index (χ3v) is 4.73. The van der Waals surface area contributed by atoms with Gasteiger partial charge in [-0.15, -0.1) is 0 Å². The van der Waals surface area contributed by atoms with Crippen LogP contribution in [0, 0.1) is 0 Å². The molecule has 0 radical (unpaired) electrons. The second-order valence-corrected chi connectivity index (χ2v) is 6.73. The number of carbonyl (C=O) groups is 2. The Labute approximate surface area is 153 Å². The Hall–Kier alpha value is -3.02. The maximum absolute atomic E-state index is 13.0. The van der Waals surface area contributed by atoms with Gasteiger partial charge in [0.05, 0.1) is 29.6 Å². The van der Waals surface area contributed by atoms with Crippen LogP contribution in [0.25, 0.3) is 0 Å². The monoisotopic (exact) mass is 353 g/mol. The summed E-state index contributed by atoms with van der Waals surface area (Å²) in [6, 6.07) is 13.0. The Morgan fingerprint density at radius 2 is 2.08 bits per heavy atom. The summed E-state index contributed by atoms with van der Waals surface area (Å²) < 4.78 is 5.66. The van der Waals surface area contributed by atoms with Crippen molar-refractivity contribution in [3.8, 4) is 5.75 Å². The topological polar surface area (TPSA) is 79.5 Å². The molecule has 0 aromatic heterocycles. The van der Waals surface area contributed by atoms with Crippen molar-refractivity contribution in [3.05, 3.63) is 53.6 Å². The van der Waals surface area contributed by atoms with E-state index in [1.54, 1.807) is 18.2 Å². The van der Waals surface area contributed by atoms with Gasteiger partial charge >= 0.3 is 0 Å². The molecule has 0 bridgehead atoms. The summed E-state index contributed by atoms with van der Waals surface area (Å²) in [6.07, 6.45) is 1.08. The fourth-order valence-corrected chi connectivity index (χ4v) is 3.51. The van der Waals surface area contributed by atoms with E-state index < -0.39 is 0 Å². The number of nitrogens with one attached hydrogen (secondary N) is 3. The van der Waals surface area contributed by atoms with Crippen LogP contribution in [0.2, 0.25) is 0 Å². The quantitative estimate of drug-likeness (QED) is 0.774. The van der Waals surface area contributed by atoms with E-state index >= 15 is 0 Å². The van der Waals surface area contributed by atoms with Crippen LogP contribution in [0.4, 0.5) is 11.4 Å². The molecule has 0 saturated carbocycles. The molecule has 0 aliphatic carbocycles. The molecule has 0 saturated heterocycles. The summed E-state index contributed by atoms with van der Waals surface area (Å²) in [5, 5.41) is 9.27. The molecule has 2 aliphatic rings. The first-order chi connectivity index (χ1) is 12.6. The zero-order valence-corrected chi connectivity index (χ0v) is 14.5. The Morgan fingerprint density at radius 3 is 2.96 bits per heavy atom. The highest BCUT2D eigenvalue weighted by atomic mass is 16.5. The molecule has 26 heavy (non-hydrogen) atoms. The highest BCUT2D eigenvalue weighted by Crippen LogP contribution is 2.33. The average Bonchev–Trinajstić information content (AvgIpc) is 2.78. The molecular weight excluding hydrogens is 330 g/mol. The van der Waals surface area contributed by atoms with Gasteiger partial charge in [-0.2, -0.15) is 0 Å². The molecule has 2 aromatic rings. The average molecular weight is 353 g/mol. The normalized spacial score (nSPS) is 21.2. The maximum atomic E-state index is 13.0. The lowest BCUT2D eigenvalue weighted by atomic mass is 10.00. The van der Waals surface area contributed by atoms with E-state index in [1.165, 1.54) is 0 Å². The zero-order chi connectivity index (χ0) is 18.1. The van der Waals surface area contributed by atoms with Crippen LogP contribution >= 0.6 is 0 Å². The van der Waals surface area contributed by atoms with Gasteiger partial charge in [-0.05, 0) is 25.1 Å². The van der Waals surface area contributed by atoms with Crippen LogP contribution in [0.1, 0.15) is 43.2 Å². The number of para-hydroxylation sites is 2. The van der Waals surface area contributed by atoms with Gasteiger partial charge in [0.2, 0.25) is 5.91 Å². The van der Waals surface area contributed by atoms with Crippen LogP contribution in [0.15, 0.2) is 42.5 Å². The Morgan fingerprint density at radius 1 is 1.23 bits per heavy atom. The van der Waals surface area contributed by atoms with Crippen molar-refractivity contribution < 1.29 is 15.8 Å². The fourth-order valence-electron chi connectivity index (χ4n) is 3.51. The van der Waals surface area contributed by atoms with Crippen molar-refractivity contribution in [1.82, 2.24) is 5.32 Å². The van der Waals surface area contributed by atoms with Crippen LogP contribution in [0.5, 0.6) is 5.75 Å². The smallest absolute Gasteiger partial charge is 0.253 e. The van der Waals surface area contributed by atoms with Crippen molar-refractivity contribution in [2.45, 2.75) is 31.8 Å². The largest absolute Gasteiger partial charge is 0.493 e. The number of hydrogen-bond acceptors (Lipinski definition) is 4. The Bertz CT molecular complexity index is 871. The maximum Gasteiger partial charge on any atom is 0.253 e. The van der Waals surface area contributed by atoms with Crippen molar-refractivity contribution >= 4 is 23.2 Å². The molecule has 2 amide bonds. The second kappa shape index (κ2) is 6.71. The minimum Gasteiger partial charge on any atom is -0.493 e. The molecule has 3 N–H and O–H groups in total. The summed E-state index contributed by atoms with van der Waals surface area (Å²) in [7, 11) is 0. The summed E-state index contributed by atoms with van der Waals surface area (Å²) in [5.74, 6) is 0.592. The SMILES string of the molecule is C[C@@H]1CC(=O)Nc2cccc(C(=O)NC3CCOc4ccccc43)c2N1.[HH]. The van der Waals surface area contributed by atoms with Crippen LogP contribution in [-0.4, -0.2) is 24.5 Å². The summed E-state index contributed by atoms with van der Waals surface area (Å²) in [5.41, 5.74) is 2.83. The second-order valence-electron chi connectivity index (χ2n) is 6.73. The van der Waals surface area contributed by atoms with Gasteiger partial charge in [-0.3, -0.25) is 9.59 Å². The van der Waals surface area contributed by atoms with Gasteiger partial charge in [-0.1, -0.05) is 24.3 Å². The van der Waals surface area contributed by atoms with E-state index in [0.717, 1.165) is 17.7 Å². The number of hydrogen-bond donors (Lipinski definition) is 3. The van der Waals surface area contributed by atoms with Crippen LogP contribution in [0.3, 0.4) is 0 Å².